The summed E-state index contributed by atoms with van der Waals surface area (Å²) in [5, 5.41) is 3.31. The molecule has 1 rings (SSSR count). The van der Waals surface area contributed by atoms with Crippen molar-refractivity contribution in [3.8, 4) is 0 Å². The Kier molecular flexibility index (Phi) is 3.58. The Morgan fingerprint density at radius 2 is 2.50 bits per heavy atom. The highest BCUT2D eigenvalue weighted by atomic mass is 32.1. The summed E-state index contributed by atoms with van der Waals surface area (Å²) in [6.45, 7) is 4.35. The summed E-state index contributed by atoms with van der Waals surface area (Å²) in [5.41, 5.74) is 6.16. The van der Waals surface area contributed by atoms with Gasteiger partial charge in [0.1, 0.15) is 4.88 Å². The molecule has 0 aromatic carbocycles. The first-order valence-corrected chi connectivity index (χ1v) is 4.92. The van der Waals surface area contributed by atoms with Crippen molar-refractivity contribution in [3.63, 3.8) is 0 Å². The Morgan fingerprint density at radius 1 is 1.79 bits per heavy atom. The maximum absolute atomic E-state index is 10.4. The van der Waals surface area contributed by atoms with Gasteiger partial charge in [0.05, 0.1) is 5.69 Å². The molecule has 14 heavy (non-hydrogen) atoms. The van der Waals surface area contributed by atoms with Gasteiger partial charge in [-0.2, -0.15) is 4.99 Å². The molecule has 3 N–H and O–H groups in total. The molecule has 1 radical (unpaired) electrons. The predicted molar refractivity (Wildman–Crippen MR) is 56.6 cm³/mol. The van der Waals surface area contributed by atoms with Gasteiger partial charge in [0.25, 0.3) is 0 Å². The van der Waals surface area contributed by atoms with Crippen LogP contribution in [0.4, 0.5) is 5.13 Å². The van der Waals surface area contributed by atoms with Crippen LogP contribution in [0.1, 0.15) is 17.5 Å². The van der Waals surface area contributed by atoms with Crippen LogP contribution < -0.4 is 11.1 Å². The molecule has 1 heterocycles. The second kappa shape index (κ2) is 4.71. The standard InChI is InChI=1S/C8H11N4OS/c1-3-10-7(9)12-8-11-5(2)6(4-13)14-8/h3H2,1-2H3,(H3,9,10,11,12). The molecule has 0 fully saturated rings. The molecule has 0 aliphatic carbocycles. The van der Waals surface area contributed by atoms with Gasteiger partial charge in [0.2, 0.25) is 11.4 Å². The summed E-state index contributed by atoms with van der Waals surface area (Å²) in [6.07, 6.45) is 1.80. The summed E-state index contributed by atoms with van der Waals surface area (Å²) in [4.78, 5) is 18.9. The van der Waals surface area contributed by atoms with E-state index in [1.165, 1.54) is 11.3 Å². The lowest BCUT2D eigenvalue weighted by atomic mass is 10.4. The number of hydrogen-bond donors (Lipinski definition) is 2. The van der Waals surface area contributed by atoms with Crippen LogP contribution in [0.5, 0.6) is 0 Å². The van der Waals surface area contributed by atoms with E-state index in [1.54, 1.807) is 13.2 Å². The third kappa shape index (κ3) is 2.53. The molecular formula is C8H11N4OS. The third-order valence-electron chi connectivity index (χ3n) is 1.45. The van der Waals surface area contributed by atoms with Crippen molar-refractivity contribution >= 4 is 28.7 Å². The van der Waals surface area contributed by atoms with Crippen LogP contribution in [-0.2, 0) is 4.79 Å². The molecule has 6 heteroatoms. The van der Waals surface area contributed by atoms with Crippen LogP contribution in [0.15, 0.2) is 4.99 Å². The molecule has 1 aromatic rings. The minimum absolute atomic E-state index is 0.304. The van der Waals surface area contributed by atoms with Gasteiger partial charge in [0.15, 0.2) is 5.96 Å². The second-order valence-electron chi connectivity index (χ2n) is 2.54. The van der Waals surface area contributed by atoms with Crippen LogP contribution >= 0.6 is 11.3 Å². The molecule has 0 unspecified atom stereocenters. The maximum atomic E-state index is 10.4. The van der Waals surface area contributed by atoms with Crippen molar-refractivity contribution in [2.45, 2.75) is 13.8 Å². The van der Waals surface area contributed by atoms with Gasteiger partial charge in [-0.1, -0.05) is 11.3 Å². The lowest BCUT2D eigenvalue weighted by molar-refractivity contribution is 0.563. The molecule has 0 aliphatic rings. The van der Waals surface area contributed by atoms with E-state index in [0.29, 0.717) is 28.2 Å². The monoisotopic (exact) mass is 211 g/mol. The average Bonchev–Trinajstić information content (AvgIpc) is 2.46. The number of aliphatic imine (C=N–C) groups is 1. The molecule has 5 nitrogen and oxygen atoms in total. The third-order valence-corrected chi connectivity index (χ3v) is 2.40. The molecule has 0 bridgehead atoms. The number of nitrogens with one attached hydrogen (secondary N) is 1. The fourth-order valence-corrected chi connectivity index (χ4v) is 1.59. The van der Waals surface area contributed by atoms with E-state index in [9.17, 15) is 4.79 Å². The SMILES string of the molecule is CCN/C(N)=N/c1nc(C)c([C]=O)s1. The van der Waals surface area contributed by atoms with E-state index < -0.39 is 0 Å². The van der Waals surface area contributed by atoms with Crippen molar-refractivity contribution in [2.24, 2.45) is 10.7 Å². The molecule has 0 amide bonds. The van der Waals surface area contributed by atoms with Crippen molar-refractivity contribution in [1.82, 2.24) is 10.3 Å². The first-order chi connectivity index (χ1) is 6.67. The lowest BCUT2D eigenvalue weighted by Gasteiger charge is -1.97. The number of guanidine groups is 1. The number of aromatic nitrogens is 1. The van der Waals surface area contributed by atoms with E-state index in [0.717, 1.165) is 0 Å². The van der Waals surface area contributed by atoms with Crippen molar-refractivity contribution < 1.29 is 4.79 Å². The maximum Gasteiger partial charge on any atom is 0.246 e. The fourth-order valence-electron chi connectivity index (χ4n) is 0.848. The van der Waals surface area contributed by atoms with Crippen molar-refractivity contribution in [3.05, 3.63) is 10.6 Å². The van der Waals surface area contributed by atoms with Gasteiger partial charge in [-0.15, -0.1) is 0 Å². The average molecular weight is 211 g/mol. The second-order valence-corrected chi connectivity index (χ2v) is 3.52. The van der Waals surface area contributed by atoms with Gasteiger partial charge >= 0.3 is 0 Å². The van der Waals surface area contributed by atoms with Gasteiger partial charge in [0, 0.05) is 6.54 Å². The molecule has 75 valence electrons. The number of aryl methyl sites for hydroxylation is 1. The summed E-state index contributed by atoms with van der Waals surface area (Å²) in [7, 11) is 0. The molecule has 0 saturated carbocycles. The van der Waals surface area contributed by atoms with Gasteiger partial charge in [-0.05, 0) is 13.8 Å². The van der Waals surface area contributed by atoms with E-state index >= 15 is 0 Å². The minimum atomic E-state index is 0.304. The predicted octanol–water partition coefficient (Wildman–Crippen LogP) is 0.465. The topological polar surface area (TPSA) is 80.4 Å². The summed E-state index contributed by atoms with van der Waals surface area (Å²) in [5.74, 6) is 0.304. The fraction of sp³-hybridized carbons (Fsp3) is 0.375. The Bertz CT molecular complexity index is 358. The molecule has 0 saturated heterocycles. The van der Waals surface area contributed by atoms with Crippen LogP contribution in [0.2, 0.25) is 0 Å². The number of thiazole rings is 1. The molecular weight excluding hydrogens is 200 g/mol. The highest BCUT2D eigenvalue weighted by molar-refractivity contribution is 7.17. The Labute approximate surface area is 86.1 Å². The number of nitrogens with two attached hydrogens (primary N) is 1. The van der Waals surface area contributed by atoms with Crippen LogP contribution in [0, 0.1) is 6.92 Å². The van der Waals surface area contributed by atoms with Crippen LogP contribution in [0.25, 0.3) is 0 Å². The molecule has 1 aromatic heterocycles. The Balaban J connectivity index is 2.86. The number of rotatable bonds is 3. The largest absolute Gasteiger partial charge is 0.370 e. The highest BCUT2D eigenvalue weighted by Crippen LogP contribution is 2.22. The zero-order valence-corrected chi connectivity index (χ0v) is 8.81. The summed E-state index contributed by atoms with van der Waals surface area (Å²) >= 11 is 1.17. The van der Waals surface area contributed by atoms with E-state index in [1.807, 2.05) is 6.92 Å². The number of hydrogen-bond acceptors (Lipinski definition) is 4. The van der Waals surface area contributed by atoms with E-state index in [2.05, 4.69) is 15.3 Å². The van der Waals surface area contributed by atoms with Gasteiger partial charge in [-0.25, -0.2) is 4.98 Å². The first kappa shape index (κ1) is 10.6. The smallest absolute Gasteiger partial charge is 0.246 e. The van der Waals surface area contributed by atoms with E-state index in [4.69, 9.17) is 5.73 Å². The van der Waals surface area contributed by atoms with Gasteiger partial charge < -0.3 is 11.1 Å². The first-order valence-electron chi connectivity index (χ1n) is 4.11. The highest BCUT2D eigenvalue weighted by Gasteiger charge is 2.06. The van der Waals surface area contributed by atoms with Gasteiger partial charge in [-0.3, -0.25) is 4.79 Å². The van der Waals surface area contributed by atoms with Crippen molar-refractivity contribution in [2.75, 3.05) is 6.54 Å². The van der Waals surface area contributed by atoms with E-state index in [-0.39, 0.29) is 0 Å². The zero-order chi connectivity index (χ0) is 10.6. The van der Waals surface area contributed by atoms with Crippen LogP contribution in [0.3, 0.4) is 0 Å². The molecule has 0 spiro atoms. The van der Waals surface area contributed by atoms with Crippen molar-refractivity contribution in [1.29, 1.82) is 0 Å². The molecule has 0 aliphatic heterocycles. The van der Waals surface area contributed by atoms with Crippen LogP contribution in [-0.4, -0.2) is 23.8 Å². The molecule has 0 atom stereocenters. The lowest BCUT2D eigenvalue weighted by Crippen LogP contribution is -2.30. The summed E-state index contributed by atoms with van der Waals surface area (Å²) in [6, 6.07) is 0. The summed E-state index contributed by atoms with van der Waals surface area (Å²) < 4.78 is 0. The Morgan fingerprint density at radius 3 is 3.00 bits per heavy atom. The Hall–Kier alpha value is -1.43. The quantitative estimate of drug-likeness (QED) is 0.562. The zero-order valence-electron chi connectivity index (χ0n) is 8.00. The number of nitrogens with zero attached hydrogens (tertiary/aromatic N) is 2. The minimum Gasteiger partial charge on any atom is -0.370 e. The number of carbonyl (C=O) groups excluding carboxylic acids is 1. The normalized spacial score (nSPS) is 11.4.